The van der Waals surface area contributed by atoms with Crippen molar-refractivity contribution in [2.45, 2.75) is 17.7 Å². The molecule has 0 amide bonds. The summed E-state index contributed by atoms with van der Waals surface area (Å²) in [4.78, 5) is 0. The SMILES string of the molecule is C=C[CH](C)[Pt][C]1=CC=CC1. The molecule has 0 fully saturated rings. The third kappa shape index (κ3) is 2.27. The second-order valence-corrected chi connectivity index (χ2v) is 6.34. The summed E-state index contributed by atoms with van der Waals surface area (Å²) in [6, 6.07) is 0. The molecule has 1 aliphatic rings. The standard InChI is InChI=1S/C5H5.C4H7.Pt/c1-2-4-5-3-1;1-3-4-2;/h1-3H,4H2;3-4H,1H2,2H3;. The molecule has 10 heavy (non-hydrogen) atoms. The van der Waals surface area contributed by atoms with Crippen LogP contribution in [0.5, 0.6) is 0 Å². The predicted molar refractivity (Wildman–Crippen MR) is 41.5 cm³/mol. The predicted octanol–water partition coefficient (Wildman–Crippen LogP) is 2.91. The molecule has 0 aromatic rings. The first-order valence-electron chi connectivity index (χ1n) is 3.38. The third-order valence-electron chi connectivity index (χ3n) is 1.27. The maximum atomic E-state index is 3.78. The van der Waals surface area contributed by atoms with Crippen molar-refractivity contribution in [1.82, 2.24) is 0 Å². The molecule has 0 N–H and O–H groups in total. The van der Waals surface area contributed by atoms with E-state index in [2.05, 4.69) is 37.8 Å². The van der Waals surface area contributed by atoms with Crippen LogP contribution in [0.25, 0.3) is 0 Å². The molecule has 1 unspecified atom stereocenters. The summed E-state index contributed by atoms with van der Waals surface area (Å²) < 4.78 is 2.39. The van der Waals surface area contributed by atoms with Gasteiger partial charge in [-0.25, -0.2) is 0 Å². The molecule has 0 spiro atoms. The van der Waals surface area contributed by atoms with E-state index in [1.807, 2.05) is 0 Å². The number of rotatable bonds is 3. The minimum atomic E-state index is 0.230. The quantitative estimate of drug-likeness (QED) is 0.703. The van der Waals surface area contributed by atoms with Gasteiger partial charge in [0, 0.05) is 0 Å². The average Bonchev–Trinajstić information content (AvgIpc) is 2.40. The first-order chi connectivity index (χ1) is 4.83. The van der Waals surface area contributed by atoms with E-state index in [0.717, 1.165) is 4.31 Å². The Hall–Kier alpha value is -0.0917. The molecule has 0 saturated carbocycles. The van der Waals surface area contributed by atoms with Crippen molar-refractivity contribution < 1.29 is 18.6 Å². The van der Waals surface area contributed by atoms with Gasteiger partial charge in [-0.1, -0.05) is 0 Å². The van der Waals surface area contributed by atoms with Crippen molar-refractivity contribution >= 4 is 0 Å². The zero-order valence-corrected chi connectivity index (χ0v) is 8.39. The van der Waals surface area contributed by atoms with Crippen LogP contribution in [0.2, 0.25) is 4.31 Å². The van der Waals surface area contributed by atoms with E-state index >= 15 is 0 Å². The summed E-state index contributed by atoms with van der Waals surface area (Å²) in [6.07, 6.45) is 9.91. The molecule has 0 heterocycles. The molecule has 1 atom stereocenters. The molecule has 0 aliphatic heterocycles. The van der Waals surface area contributed by atoms with Crippen LogP contribution in [0.15, 0.2) is 34.8 Å². The van der Waals surface area contributed by atoms with Crippen molar-refractivity contribution in [3.05, 3.63) is 34.8 Å². The molecule has 1 aliphatic carbocycles. The van der Waals surface area contributed by atoms with Gasteiger partial charge in [0.25, 0.3) is 0 Å². The van der Waals surface area contributed by atoms with Gasteiger partial charge in [0.05, 0.1) is 0 Å². The number of allylic oxidation sites excluding steroid dienone is 5. The second-order valence-electron chi connectivity index (χ2n) is 2.15. The van der Waals surface area contributed by atoms with Gasteiger partial charge in [-0.2, -0.15) is 0 Å². The van der Waals surface area contributed by atoms with E-state index in [4.69, 9.17) is 0 Å². The van der Waals surface area contributed by atoms with Crippen LogP contribution in [0.3, 0.4) is 0 Å². The summed E-state index contributed by atoms with van der Waals surface area (Å²) in [5, 5.41) is 0. The molecule has 0 bridgehead atoms. The summed E-state index contributed by atoms with van der Waals surface area (Å²) in [6.45, 7) is 6.03. The van der Waals surface area contributed by atoms with Crippen molar-refractivity contribution in [3.63, 3.8) is 0 Å². The van der Waals surface area contributed by atoms with Crippen molar-refractivity contribution in [3.8, 4) is 0 Å². The van der Waals surface area contributed by atoms with E-state index in [0.29, 0.717) is 0 Å². The topological polar surface area (TPSA) is 0 Å². The monoisotopic (exact) mass is 315 g/mol. The Morgan fingerprint density at radius 3 is 3.10 bits per heavy atom. The van der Waals surface area contributed by atoms with Gasteiger partial charge < -0.3 is 0 Å². The minimum absolute atomic E-state index is 0.230. The molecule has 0 aromatic heterocycles. The van der Waals surface area contributed by atoms with E-state index < -0.39 is 0 Å². The van der Waals surface area contributed by atoms with Gasteiger partial charge in [0.1, 0.15) is 0 Å². The molecule has 1 rings (SSSR count). The summed E-state index contributed by atoms with van der Waals surface area (Å²) in [5.74, 6) is 0. The van der Waals surface area contributed by atoms with Crippen LogP contribution in [0.1, 0.15) is 13.3 Å². The fraction of sp³-hybridized carbons (Fsp3) is 0.333. The average molecular weight is 315 g/mol. The maximum absolute atomic E-state index is 3.78. The van der Waals surface area contributed by atoms with Crippen LogP contribution >= 0.6 is 0 Å². The van der Waals surface area contributed by atoms with E-state index in [1.54, 1.807) is 3.96 Å². The summed E-state index contributed by atoms with van der Waals surface area (Å²) in [7, 11) is 0. The first-order valence-corrected chi connectivity index (χ1v) is 5.82. The molecule has 0 nitrogen and oxygen atoms in total. The molecule has 1 heteroatoms. The van der Waals surface area contributed by atoms with Crippen LogP contribution in [0, 0.1) is 0 Å². The summed E-state index contributed by atoms with van der Waals surface area (Å²) >= 11 is 0.230. The first kappa shape index (κ1) is 8.01. The molecule has 58 valence electrons. The van der Waals surface area contributed by atoms with Gasteiger partial charge in [0.2, 0.25) is 0 Å². The van der Waals surface area contributed by atoms with Crippen LogP contribution in [-0.4, -0.2) is 0 Å². The van der Waals surface area contributed by atoms with Crippen LogP contribution in [-0.2, 0) is 18.6 Å². The number of hydrogen-bond acceptors (Lipinski definition) is 0. The zero-order valence-electron chi connectivity index (χ0n) is 6.12. The van der Waals surface area contributed by atoms with Crippen molar-refractivity contribution in [2.24, 2.45) is 0 Å². The Kier molecular flexibility index (Phi) is 3.15. The van der Waals surface area contributed by atoms with Crippen molar-refractivity contribution in [1.29, 1.82) is 0 Å². The van der Waals surface area contributed by atoms with Crippen LogP contribution in [0.4, 0.5) is 0 Å². The Bertz CT molecular complexity index is 177. The van der Waals surface area contributed by atoms with E-state index in [-0.39, 0.29) is 18.6 Å². The Balaban J connectivity index is 2.32. The molecule has 0 radical (unpaired) electrons. The Morgan fingerprint density at radius 1 is 1.80 bits per heavy atom. The number of hydrogen-bond donors (Lipinski definition) is 0. The molecular formula is C9H12Pt. The fourth-order valence-electron chi connectivity index (χ4n) is 0.698. The van der Waals surface area contributed by atoms with Gasteiger partial charge in [-0.05, 0) is 0 Å². The second kappa shape index (κ2) is 3.93. The molecule has 0 aromatic carbocycles. The van der Waals surface area contributed by atoms with Gasteiger partial charge in [0.15, 0.2) is 0 Å². The van der Waals surface area contributed by atoms with E-state index in [1.165, 1.54) is 6.42 Å². The Morgan fingerprint density at radius 2 is 2.60 bits per heavy atom. The van der Waals surface area contributed by atoms with Gasteiger partial charge in [-0.3, -0.25) is 0 Å². The van der Waals surface area contributed by atoms with Crippen LogP contribution < -0.4 is 0 Å². The van der Waals surface area contributed by atoms with E-state index in [9.17, 15) is 0 Å². The molecular weight excluding hydrogens is 303 g/mol. The van der Waals surface area contributed by atoms with Gasteiger partial charge in [-0.15, -0.1) is 0 Å². The van der Waals surface area contributed by atoms with Crippen molar-refractivity contribution in [2.75, 3.05) is 0 Å². The van der Waals surface area contributed by atoms with Gasteiger partial charge >= 0.3 is 71.1 Å². The fourth-order valence-corrected chi connectivity index (χ4v) is 3.27. The Labute approximate surface area is 71.2 Å². The summed E-state index contributed by atoms with van der Waals surface area (Å²) in [5.41, 5.74) is 0. The normalized spacial score (nSPS) is 19.1. The zero-order chi connectivity index (χ0) is 7.40. The molecule has 0 saturated heterocycles. The third-order valence-corrected chi connectivity index (χ3v) is 4.53.